The van der Waals surface area contributed by atoms with Gasteiger partial charge in [-0.3, -0.25) is 4.79 Å². The zero-order chi connectivity index (χ0) is 27.7. The second kappa shape index (κ2) is 10.6. The van der Waals surface area contributed by atoms with Crippen LogP contribution < -0.4 is 9.80 Å². The number of anilines is 2. The minimum absolute atomic E-state index is 0.0721. The van der Waals surface area contributed by atoms with Crippen LogP contribution in [-0.4, -0.2) is 50.1 Å². The van der Waals surface area contributed by atoms with Crippen LogP contribution in [0.1, 0.15) is 29.2 Å². The highest BCUT2D eigenvalue weighted by molar-refractivity contribution is 6.01. The Hall–Kier alpha value is -4.08. The van der Waals surface area contributed by atoms with Crippen LogP contribution in [0.25, 0.3) is 0 Å². The molecule has 1 atom stereocenters. The van der Waals surface area contributed by atoms with Gasteiger partial charge < -0.3 is 19.4 Å². The van der Waals surface area contributed by atoms with E-state index in [2.05, 4.69) is 4.90 Å². The molecule has 2 aliphatic heterocycles. The number of ether oxygens (including phenoxy) is 1. The van der Waals surface area contributed by atoms with Gasteiger partial charge in [0.05, 0.1) is 30.8 Å². The minimum Gasteiger partial charge on any atom is -0.469 e. The average molecular weight is 541 g/mol. The Morgan fingerprint density at radius 3 is 2.31 bits per heavy atom. The second-order valence-electron chi connectivity index (χ2n) is 9.64. The number of carbonyl (C=O) groups excluding carboxylic acids is 1. The number of esters is 1. The lowest BCUT2D eigenvalue weighted by molar-refractivity contribution is -0.141. The highest BCUT2D eigenvalue weighted by Crippen LogP contribution is 2.42. The van der Waals surface area contributed by atoms with Crippen molar-refractivity contribution < 1.29 is 27.1 Å². The fraction of sp³-hybridized carbons (Fsp3) is 0.310. The van der Waals surface area contributed by atoms with Crippen molar-refractivity contribution in [1.82, 2.24) is 4.90 Å². The molecule has 2 heterocycles. The third-order valence-corrected chi connectivity index (χ3v) is 7.09. The molecule has 0 bridgehead atoms. The maximum Gasteiger partial charge on any atom is 0.416 e. The van der Waals surface area contributed by atoms with E-state index >= 15 is 0 Å². The van der Waals surface area contributed by atoms with E-state index in [1.165, 1.54) is 25.3 Å². The molecule has 5 rings (SSSR count). The summed E-state index contributed by atoms with van der Waals surface area (Å²) < 4.78 is 59.5. The van der Waals surface area contributed by atoms with E-state index < -0.39 is 23.8 Å². The Labute approximate surface area is 224 Å². The third-order valence-electron chi connectivity index (χ3n) is 7.09. The number of hydrogen-bond acceptors (Lipinski definition) is 6. The van der Waals surface area contributed by atoms with Gasteiger partial charge in [0.2, 0.25) is 5.96 Å². The quantitative estimate of drug-likeness (QED) is 0.296. The molecule has 39 heavy (non-hydrogen) atoms. The first-order valence-electron chi connectivity index (χ1n) is 12.6. The monoisotopic (exact) mass is 540 g/mol. The van der Waals surface area contributed by atoms with Gasteiger partial charge in [-0.05, 0) is 61.0 Å². The zero-order valence-corrected chi connectivity index (χ0v) is 21.6. The molecule has 0 radical (unpaired) electrons. The van der Waals surface area contributed by atoms with Gasteiger partial charge in [0.25, 0.3) is 0 Å². The number of alkyl halides is 3. The Bertz CT molecular complexity index is 1380. The molecule has 3 aromatic carbocycles. The van der Waals surface area contributed by atoms with Crippen molar-refractivity contribution in [2.24, 2.45) is 4.99 Å². The number of fused-ring (bicyclic) bond motifs is 1. The normalized spacial score (nSPS) is 17.5. The van der Waals surface area contributed by atoms with Crippen molar-refractivity contribution in [3.8, 4) is 0 Å². The maximum atomic E-state index is 13.7. The fourth-order valence-corrected chi connectivity index (χ4v) is 5.08. The van der Waals surface area contributed by atoms with Gasteiger partial charge in [0, 0.05) is 43.1 Å². The lowest BCUT2D eigenvalue weighted by Crippen LogP contribution is -2.55. The van der Waals surface area contributed by atoms with Gasteiger partial charge in [-0.15, -0.1) is 0 Å². The fourth-order valence-electron chi connectivity index (χ4n) is 5.08. The maximum absolute atomic E-state index is 13.7. The molecule has 1 fully saturated rings. The standard InChI is InChI=1S/C29H28F4N4O2/c1-19-6-11-24-25(16-19)34-28(36-14-12-35(13-15-36)22-9-7-21(30)8-10-22)37(26(24)18-27(38)39-2)23-5-3-4-20(17-23)29(31,32)33/h3-11,16-17,26H,12-15,18H2,1-2H3. The summed E-state index contributed by atoms with van der Waals surface area (Å²) in [6.45, 7) is 4.19. The van der Waals surface area contributed by atoms with Gasteiger partial charge in [-0.1, -0.05) is 18.2 Å². The number of benzene rings is 3. The van der Waals surface area contributed by atoms with Crippen LogP contribution in [0.15, 0.2) is 71.7 Å². The molecule has 0 aromatic heterocycles. The van der Waals surface area contributed by atoms with Crippen molar-refractivity contribution in [2.45, 2.75) is 25.6 Å². The Kier molecular flexibility index (Phi) is 7.20. The number of hydrogen-bond donors (Lipinski definition) is 0. The molecule has 0 saturated carbocycles. The number of methoxy groups -OCH3 is 1. The molecule has 0 amide bonds. The van der Waals surface area contributed by atoms with E-state index in [0.29, 0.717) is 37.8 Å². The van der Waals surface area contributed by atoms with Crippen LogP contribution in [0, 0.1) is 12.7 Å². The van der Waals surface area contributed by atoms with Crippen molar-refractivity contribution in [2.75, 3.05) is 43.1 Å². The third kappa shape index (κ3) is 5.55. The summed E-state index contributed by atoms with van der Waals surface area (Å²) in [7, 11) is 1.29. The molecule has 204 valence electrons. The van der Waals surface area contributed by atoms with Crippen LogP contribution in [0.5, 0.6) is 0 Å². The molecule has 0 N–H and O–H groups in total. The van der Waals surface area contributed by atoms with Crippen molar-refractivity contribution in [3.05, 3.63) is 89.2 Å². The van der Waals surface area contributed by atoms with E-state index in [1.54, 1.807) is 23.1 Å². The topological polar surface area (TPSA) is 48.4 Å². The SMILES string of the molecule is COC(=O)CC1c2ccc(C)cc2N=C(N2CCN(c3ccc(F)cc3)CC2)N1c1cccc(C(F)(F)F)c1. The summed E-state index contributed by atoms with van der Waals surface area (Å²) in [4.78, 5) is 23.4. The number of aliphatic imine (C=N–C) groups is 1. The molecule has 1 unspecified atom stereocenters. The lowest BCUT2D eigenvalue weighted by atomic mass is 9.96. The van der Waals surface area contributed by atoms with Crippen LogP contribution in [-0.2, 0) is 15.7 Å². The lowest BCUT2D eigenvalue weighted by Gasteiger charge is -2.45. The largest absolute Gasteiger partial charge is 0.469 e. The summed E-state index contributed by atoms with van der Waals surface area (Å²) in [6, 6.07) is 16.4. The zero-order valence-electron chi connectivity index (χ0n) is 21.6. The van der Waals surface area contributed by atoms with Gasteiger partial charge in [-0.25, -0.2) is 9.38 Å². The van der Waals surface area contributed by atoms with Crippen molar-refractivity contribution >= 4 is 29.0 Å². The summed E-state index contributed by atoms with van der Waals surface area (Å²) in [6.07, 6.45) is -4.60. The number of nitrogens with zero attached hydrogens (tertiary/aromatic N) is 4. The van der Waals surface area contributed by atoms with Crippen molar-refractivity contribution in [3.63, 3.8) is 0 Å². The molecule has 0 aliphatic carbocycles. The van der Waals surface area contributed by atoms with Crippen LogP contribution in [0.3, 0.4) is 0 Å². The molecule has 6 nitrogen and oxygen atoms in total. The number of rotatable bonds is 4. The van der Waals surface area contributed by atoms with E-state index in [4.69, 9.17) is 9.73 Å². The number of piperazine rings is 1. The molecule has 10 heteroatoms. The van der Waals surface area contributed by atoms with Crippen LogP contribution in [0.2, 0.25) is 0 Å². The van der Waals surface area contributed by atoms with Crippen LogP contribution >= 0.6 is 0 Å². The Morgan fingerprint density at radius 1 is 0.949 bits per heavy atom. The number of aryl methyl sites for hydroxylation is 1. The first-order valence-corrected chi connectivity index (χ1v) is 12.6. The first-order chi connectivity index (χ1) is 18.6. The smallest absolute Gasteiger partial charge is 0.416 e. The highest BCUT2D eigenvalue weighted by Gasteiger charge is 2.38. The molecular weight excluding hydrogens is 512 g/mol. The van der Waals surface area contributed by atoms with E-state index in [9.17, 15) is 22.4 Å². The molecular formula is C29H28F4N4O2. The second-order valence-corrected chi connectivity index (χ2v) is 9.64. The summed E-state index contributed by atoms with van der Waals surface area (Å²) in [5.74, 6) is -0.317. The highest BCUT2D eigenvalue weighted by atomic mass is 19.4. The van der Waals surface area contributed by atoms with Crippen molar-refractivity contribution in [1.29, 1.82) is 0 Å². The minimum atomic E-state index is -4.53. The Morgan fingerprint density at radius 2 is 1.64 bits per heavy atom. The number of halogens is 4. The molecule has 2 aliphatic rings. The average Bonchev–Trinajstić information content (AvgIpc) is 2.92. The number of carbonyl (C=O) groups is 1. The predicted molar refractivity (Wildman–Crippen MR) is 142 cm³/mol. The molecule has 0 spiro atoms. The molecule has 1 saturated heterocycles. The molecule has 3 aromatic rings. The van der Waals surface area contributed by atoms with Gasteiger partial charge in [0.15, 0.2) is 0 Å². The summed E-state index contributed by atoms with van der Waals surface area (Å²) >= 11 is 0. The Balaban J connectivity index is 1.56. The number of guanidine groups is 1. The van der Waals surface area contributed by atoms with Gasteiger partial charge >= 0.3 is 12.1 Å². The van der Waals surface area contributed by atoms with Gasteiger partial charge in [0.1, 0.15) is 5.82 Å². The van der Waals surface area contributed by atoms with Crippen LogP contribution in [0.4, 0.5) is 34.6 Å². The predicted octanol–water partition coefficient (Wildman–Crippen LogP) is 6.09. The van der Waals surface area contributed by atoms with E-state index in [1.807, 2.05) is 30.0 Å². The van der Waals surface area contributed by atoms with E-state index in [0.717, 1.165) is 28.9 Å². The van der Waals surface area contributed by atoms with E-state index in [-0.39, 0.29) is 17.9 Å². The first kappa shape index (κ1) is 26.5. The summed E-state index contributed by atoms with van der Waals surface area (Å²) in [5, 5.41) is 0. The van der Waals surface area contributed by atoms with Gasteiger partial charge in [-0.2, -0.15) is 13.2 Å². The summed E-state index contributed by atoms with van der Waals surface area (Å²) in [5.41, 5.74) is 2.76.